The standard InChI is InChI=1S/C9H23N3S2/c1-10(2)5-7-12(9(13)14)8-6-11(3)4/h9,13-14H,5-8H2,1-4H3. The molecule has 0 bridgehead atoms. The van der Waals surface area contributed by atoms with Crippen LogP contribution in [0.3, 0.4) is 0 Å². The molecule has 0 amide bonds. The highest BCUT2D eigenvalue weighted by molar-refractivity contribution is 7.99. The maximum atomic E-state index is 4.35. The zero-order chi connectivity index (χ0) is 11.1. The molecular formula is C9H23N3S2. The lowest BCUT2D eigenvalue weighted by molar-refractivity contribution is 0.237. The van der Waals surface area contributed by atoms with Gasteiger partial charge in [-0.1, -0.05) is 0 Å². The minimum atomic E-state index is 0.0369. The molecule has 0 rings (SSSR count). The third-order valence-electron chi connectivity index (χ3n) is 2.00. The van der Waals surface area contributed by atoms with Crippen molar-refractivity contribution in [2.24, 2.45) is 0 Å². The summed E-state index contributed by atoms with van der Waals surface area (Å²) in [6, 6.07) is 0. The van der Waals surface area contributed by atoms with E-state index in [4.69, 9.17) is 0 Å². The van der Waals surface area contributed by atoms with E-state index in [9.17, 15) is 0 Å². The van der Waals surface area contributed by atoms with Gasteiger partial charge in [-0.25, -0.2) is 0 Å². The van der Waals surface area contributed by atoms with Crippen LogP contribution in [-0.4, -0.2) is 73.8 Å². The largest absolute Gasteiger partial charge is 0.308 e. The van der Waals surface area contributed by atoms with Crippen LogP contribution in [0.5, 0.6) is 0 Å². The molecule has 0 aliphatic heterocycles. The maximum absolute atomic E-state index is 4.35. The van der Waals surface area contributed by atoms with Crippen LogP contribution >= 0.6 is 25.3 Å². The first-order valence-corrected chi connectivity index (χ1v) is 5.86. The van der Waals surface area contributed by atoms with Crippen LogP contribution in [0.1, 0.15) is 0 Å². The van der Waals surface area contributed by atoms with Gasteiger partial charge in [-0.3, -0.25) is 4.90 Å². The molecular weight excluding hydrogens is 214 g/mol. The van der Waals surface area contributed by atoms with E-state index < -0.39 is 0 Å². The fourth-order valence-corrected chi connectivity index (χ4v) is 1.46. The van der Waals surface area contributed by atoms with Crippen LogP contribution in [0, 0.1) is 0 Å². The van der Waals surface area contributed by atoms with Gasteiger partial charge in [-0.2, -0.15) is 0 Å². The normalized spacial score (nSPS) is 12.4. The van der Waals surface area contributed by atoms with Crippen molar-refractivity contribution < 1.29 is 0 Å². The molecule has 0 spiro atoms. The molecule has 0 heterocycles. The van der Waals surface area contributed by atoms with Crippen molar-refractivity contribution >= 4 is 25.3 Å². The minimum absolute atomic E-state index is 0.0369. The topological polar surface area (TPSA) is 9.72 Å². The lowest BCUT2D eigenvalue weighted by Crippen LogP contribution is -2.38. The lowest BCUT2D eigenvalue weighted by atomic mass is 10.4. The Morgan fingerprint density at radius 3 is 1.36 bits per heavy atom. The van der Waals surface area contributed by atoms with E-state index in [1.54, 1.807) is 0 Å². The van der Waals surface area contributed by atoms with E-state index in [1.165, 1.54) is 0 Å². The Kier molecular flexibility index (Phi) is 8.14. The first-order chi connectivity index (χ1) is 6.43. The van der Waals surface area contributed by atoms with Crippen LogP contribution < -0.4 is 0 Å². The van der Waals surface area contributed by atoms with Crippen molar-refractivity contribution in [3.63, 3.8) is 0 Å². The van der Waals surface area contributed by atoms with Gasteiger partial charge >= 0.3 is 0 Å². The second-order valence-corrected chi connectivity index (χ2v) is 5.37. The van der Waals surface area contributed by atoms with Crippen molar-refractivity contribution in [2.45, 2.75) is 4.71 Å². The monoisotopic (exact) mass is 237 g/mol. The summed E-state index contributed by atoms with van der Waals surface area (Å²) in [5.74, 6) is 0. The molecule has 14 heavy (non-hydrogen) atoms. The fraction of sp³-hybridized carbons (Fsp3) is 1.00. The summed E-state index contributed by atoms with van der Waals surface area (Å²) in [6.07, 6.45) is 0. The van der Waals surface area contributed by atoms with Gasteiger partial charge in [0.2, 0.25) is 0 Å². The average molecular weight is 237 g/mol. The van der Waals surface area contributed by atoms with E-state index in [0.717, 1.165) is 26.2 Å². The molecule has 0 saturated heterocycles. The Morgan fingerprint density at radius 2 is 1.14 bits per heavy atom. The minimum Gasteiger partial charge on any atom is -0.308 e. The highest BCUT2D eigenvalue weighted by atomic mass is 32.2. The number of rotatable bonds is 7. The number of nitrogens with zero attached hydrogens (tertiary/aromatic N) is 3. The first-order valence-electron chi connectivity index (χ1n) is 4.83. The maximum Gasteiger partial charge on any atom is 0.0970 e. The molecule has 0 aromatic heterocycles. The van der Waals surface area contributed by atoms with Gasteiger partial charge in [0.1, 0.15) is 0 Å². The Labute approximate surface area is 99.2 Å². The van der Waals surface area contributed by atoms with Crippen LogP contribution in [0.25, 0.3) is 0 Å². The van der Waals surface area contributed by atoms with Gasteiger partial charge in [-0.15, -0.1) is 25.3 Å². The summed E-state index contributed by atoms with van der Waals surface area (Å²) in [6.45, 7) is 4.12. The van der Waals surface area contributed by atoms with Gasteiger partial charge in [0.25, 0.3) is 0 Å². The van der Waals surface area contributed by atoms with Crippen LogP contribution in [0.2, 0.25) is 0 Å². The Morgan fingerprint density at radius 1 is 0.786 bits per heavy atom. The molecule has 86 valence electrons. The number of likely N-dealkylation sites (N-methyl/N-ethyl adjacent to an activating group) is 2. The molecule has 0 fully saturated rings. The molecule has 0 radical (unpaired) electrons. The smallest absolute Gasteiger partial charge is 0.0970 e. The summed E-state index contributed by atoms with van der Waals surface area (Å²) in [4.78, 5) is 6.60. The highest BCUT2D eigenvalue weighted by Crippen LogP contribution is 2.07. The molecule has 0 unspecified atom stereocenters. The van der Waals surface area contributed by atoms with Gasteiger partial charge in [0.05, 0.1) is 4.71 Å². The zero-order valence-corrected chi connectivity index (χ0v) is 11.4. The van der Waals surface area contributed by atoms with Gasteiger partial charge in [0, 0.05) is 26.2 Å². The van der Waals surface area contributed by atoms with Crippen molar-refractivity contribution in [1.82, 2.24) is 14.7 Å². The Bertz CT molecular complexity index is 128. The SMILES string of the molecule is CN(C)CCN(CCN(C)C)C(S)S. The Balaban J connectivity index is 3.78. The molecule has 0 N–H and O–H groups in total. The summed E-state index contributed by atoms with van der Waals surface area (Å²) in [7, 11) is 8.32. The van der Waals surface area contributed by atoms with Crippen molar-refractivity contribution in [2.75, 3.05) is 54.4 Å². The van der Waals surface area contributed by atoms with E-state index in [-0.39, 0.29) is 4.71 Å². The van der Waals surface area contributed by atoms with Crippen LogP contribution in [-0.2, 0) is 0 Å². The fourth-order valence-electron chi connectivity index (χ4n) is 1.000. The quantitative estimate of drug-likeness (QED) is 0.495. The molecule has 0 aliphatic carbocycles. The molecule has 3 nitrogen and oxygen atoms in total. The summed E-state index contributed by atoms with van der Waals surface area (Å²) in [5.41, 5.74) is 0. The van der Waals surface area contributed by atoms with E-state index >= 15 is 0 Å². The second-order valence-electron chi connectivity index (χ2n) is 3.99. The van der Waals surface area contributed by atoms with E-state index in [1.807, 2.05) is 0 Å². The van der Waals surface area contributed by atoms with Crippen molar-refractivity contribution in [3.05, 3.63) is 0 Å². The summed E-state index contributed by atoms with van der Waals surface area (Å²) in [5, 5.41) is 0. The predicted octanol–water partition coefficient (Wildman–Crippen LogP) is 0.555. The van der Waals surface area contributed by atoms with Gasteiger partial charge in [-0.05, 0) is 28.2 Å². The van der Waals surface area contributed by atoms with Gasteiger partial charge in [0.15, 0.2) is 0 Å². The van der Waals surface area contributed by atoms with E-state index in [2.05, 4.69) is 68.1 Å². The number of hydrogen-bond acceptors (Lipinski definition) is 5. The summed E-state index contributed by atoms with van der Waals surface area (Å²) < 4.78 is 0.0369. The molecule has 0 atom stereocenters. The third kappa shape index (κ3) is 7.94. The molecule has 0 aromatic carbocycles. The zero-order valence-electron chi connectivity index (χ0n) is 9.64. The third-order valence-corrected chi connectivity index (χ3v) is 2.65. The molecule has 5 heteroatoms. The van der Waals surface area contributed by atoms with Crippen molar-refractivity contribution in [1.29, 1.82) is 0 Å². The van der Waals surface area contributed by atoms with Gasteiger partial charge < -0.3 is 9.80 Å². The number of hydrogen-bond donors (Lipinski definition) is 2. The molecule has 0 saturated carbocycles. The Hall–Kier alpha value is 0.580. The van der Waals surface area contributed by atoms with Crippen LogP contribution in [0.15, 0.2) is 0 Å². The highest BCUT2D eigenvalue weighted by Gasteiger charge is 2.10. The number of thiol groups is 2. The first kappa shape index (κ1) is 14.6. The van der Waals surface area contributed by atoms with Crippen LogP contribution in [0.4, 0.5) is 0 Å². The average Bonchev–Trinajstić information content (AvgIpc) is 2.02. The lowest BCUT2D eigenvalue weighted by Gasteiger charge is -2.27. The van der Waals surface area contributed by atoms with Crippen molar-refractivity contribution in [3.8, 4) is 0 Å². The van der Waals surface area contributed by atoms with E-state index in [0.29, 0.717) is 0 Å². The predicted molar refractivity (Wildman–Crippen MR) is 70.4 cm³/mol. The molecule has 0 aromatic rings. The molecule has 0 aliphatic rings. The second kappa shape index (κ2) is 7.82. The summed E-state index contributed by atoms with van der Waals surface area (Å²) >= 11 is 8.70.